The largest absolute Gasteiger partial charge is 0.493 e. The van der Waals surface area contributed by atoms with E-state index in [1.807, 2.05) is 37.4 Å². The van der Waals surface area contributed by atoms with Crippen molar-refractivity contribution in [2.45, 2.75) is 12.7 Å². The second-order valence-corrected chi connectivity index (χ2v) is 5.75. The number of anilines is 1. The first-order valence-corrected chi connectivity index (χ1v) is 8.77. The van der Waals surface area contributed by atoms with Crippen LogP contribution in [0.15, 0.2) is 42.5 Å². The minimum Gasteiger partial charge on any atom is -0.493 e. The van der Waals surface area contributed by atoms with Gasteiger partial charge in [0.2, 0.25) is 0 Å². The number of ether oxygens (including phenoxy) is 2. The van der Waals surface area contributed by atoms with Crippen molar-refractivity contribution in [3.8, 4) is 11.5 Å². The van der Waals surface area contributed by atoms with Crippen molar-refractivity contribution in [3.05, 3.63) is 53.6 Å². The molecular weight excluding hydrogens is 310 g/mol. The maximum Gasteiger partial charge on any atom is 0.255 e. The van der Waals surface area contributed by atoms with Crippen molar-refractivity contribution in [1.29, 1.82) is 0 Å². The molecule has 0 saturated carbocycles. The van der Waals surface area contributed by atoms with E-state index in [9.17, 15) is 4.79 Å². The molecule has 4 nitrogen and oxygen atoms in total. The summed E-state index contributed by atoms with van der Waals surface area (Å²) >= 11 is 1.73. The van der Waals surface area contributed by atoms with Crippen LogP contribution in [0.4, 0.5) is 5.69 Å². The van der Waals surface area contributed by atoms with Gasteiger partial charge in [-0.05, 0) is 43.0 Å². The average Bonchev–Trinajstić information content (AvgIpc) is 2.57. The average molecular weight is 331 g/mol. The van der Waals surface area contributed by atoms with Crippen LogP contribution < -0.4 is 14.8 Å². The van der Waals surface area contributed by atoms with E-state index in [4.69, 9.17) is 9.47 Å². The maximum absolute atomic E-state index is 12.4. The van der Waals surface area contributed by atoms with Gasteiger partial charge in [0.05, 0.1) is 13.7 Å². The summed E-state index contributed by atoms with van der Waals surface area (Å²) in [5.74, 6) is 2.01. The van der Waals surface area contributed by atoms with Gasteiger partial charge in [0.1, 0.15) is 0 Å². The Morgan fingerprint density at radius 3 is 2.70 bits per heavy atom. The van der Waals surface area contributed by atoms with Crippen molar-refractivity contribution in [2.24, 2.45) is 0 Å². The van der Waals surface area contributed by atoms with Crippen LogP contribution in [-0.4, -0.2) is 25.9 Å². The number of amides is 1. The van der Waals surface area contributed by atoms with Crippen LogP contribution in [-0.2, 0) is 5.75 Å². The lowest BCUT2D eigenvalue weighted by molar-refractivity contribution is 0.102. The molecule has 23 heavy (non-hydrogen) atoms. The Kier molecular flexibility index (Phi) is 6.35. The number of carbonyl (C=O) groups is 1. The maximum atomic E-state index is 12.4. The van der Waals surface area contributed by atoms with Gasteiger partial charge in [-0.15, -0.1) is 0 Å². The van der Waals surface area contributed by atoms with E-state index in [0.29, 0.717) is 29.4 Å². The molecular formula is C18H21NO3S. The predicted octanol–water partition coefficient (Wildman–Crippen LogP) is 4.21. The topological polar surface area (TPSA) is 47.6 Å². The van der Waals surface area contributed by atoms with E-state index in [1.54, 1.807) is 37.1 Å². The van der Waals surface area contributed by atoms with Gasteiger partial charge in [0.15, 0.2) is 11.5 Å². The Morgan fingerprint density at radius 2 is 2.00 bits per heavy atom. The van der Waals surface area contributed by atoms with Gasteiger partial charge in [0, 0.05) is 23.1 Å². The molecule has 0 heterocycles. The van der Waals surface area contributed by atoms with Crippen LogP contribution >= 0.6 is 11.8 Å². The summed E-state index contributed by atoms with van der Waals surface area (Å²) in [6.07, 6.45) is 2.04. The first kappa shape index (κ1) is 17.2. The van der Waals surface area contributed by atoms with Crippen LogP contribution in [0.25, 0.3) is 0 Å². The molecule has 0 aliphatic heterocycles. The Morgan fingerprint density at radius 1 is 1.17 bits per heavy atom. The third kappa shape index (κ3) is 4.66. The highest BCUT2D eigenvalue weighted by molar-refractivity contribution is 7.97. The van der Waals surface area contributed by atoms with Gasteiger partial charge in [0.25, 0.3) is 5.91 Å². The van der Waals surface area contributed by atoms with Crippen molar-refractivity contribution in [3.63, 3.8) is 0 Å². The highest BCUT2D eigenvalue weighted by Gasteiger charge is 2.10. The molecule has 2 aromatic carbocycles. The minimum absolute atomic E-state index is 0.140. The first-order valence-electron chi connectivity index (χ1n) is 7.38. The summed E-state index contributed by atoms with van der Waals surface area (Å²) in [6.45, 7) is 2.47. The molecule has 2 aromatic rings. The van der Waals surface area contributed by atoms with E-state index in [1.165, 1.54) is 0 Å². The molecule has 0 atom stereocenters. The molecule has 0 spiro atoms. The van der Waals surface area contributed by atoms with Crippen molar-refractivity contribution in [1.82, 2.24) is 0 Å². The number of methoxy groups -OCH3 is 1. The van der Waals surface area contributed by atoms with E-state index < -0.39 is 0 Å². The quantitative estimate of drug-likeness (QED) is 0.825. The Bertz CT molecular complexity index is 673. The molecule has 0 aromatic heterocycles. The molecule has 2 rings (SSSR count). The van der Waals surface area contributed by atoms with Gasteiger partial charge < -0.3 is 14.8 Å². The van der Waals surface area contributed by atoms with Crippen LogP contribution in [0.2, 0.25) is 0 Å². The number of nitrogens with one attached hydrogen (secondary N) is 1. The fraction of sp³-hybridized carbons (Fsp3) is 0.278. The highest BCUT2D eigenvalue weighted by Crippen LogP contribution is 2.30. The Hall–Kier alpha value is -2.14. The number of rotatable bonds is 7. The molecule has 0 bridgehead atoms. The Balaban J connectivity index is 2.15. The number of hydrogen-bond acceptors (Lipinski definition) is 4. The number of benzene rings is 2. The molecule has 1 N–H and O–H groups in total. The zero-order valence-corrected chi connectivity index (χ0v) is 14.4. The monoisotopic (exact) mass is 331 g/mol. The number of hydrogen-bond donors (Lipinski definition) is 1. The molecule has 0 saturated heterocycles. The smallest absolute Gasteiger partial charge is 0.255 e. The Labute approximate surface area is 141 Å². The lowest BCUT2D eigenvalue weighted by atomic mass is 10.1. The van der Waals surface area contributed by atoms with Gasteiger partial charge >= 0.3 is 0 Å². The number of thioether (sulfide) groups is 1. The zero-order chi connectivity index (χ0) is 16.7. The van der Waals surface area contributed by atoms with Gasteiger partial charge in [-0.25, -0.2) is 0 Å². The summed E-state index contributed by atoms with van der Waals surface area (Å²) in [6, 6.07) is 13.0. The molecule has 122 valence electrons. The van der Waals surface area contributed by atoms with Crippen molar-refractivity contribution >= 4 is 23.4 Å². The van der Waals surface area contributed by atoms with Crippen LogP contribution in [0.1, 0.15) is 22.8 Å². The summed E-state index contributed by atoms with van der Waals surface area (Å²) < 4.78 is 10.8. The molecule has 0 aliphatic rings. The summed E-state index contributed by atoms with van der Waals surface area (Å²) in [5.41, 5.74) is 2.45. The molecule has 1 amide bonds. The molecule has 5 heteroatoms. The highest BCUT2D eigenvalue weighted by atomic mass is 32.2. The minimum atomic E-state index is -0.140. The van der Waals surface area contributed by atoms with Gasteiger partial charge in [-0.1, -0.05) is 12.1 Å². The number of carbonyl (C=O) groups excluding carboxylic acids is 1. The van der Waals surface area contributed by atoms with E-state index in [2.05, 4.69) is 5.32 Å². The lowest BCUT2D eigenvalue weighted by Gasteiger charge is -2.12. The van der Waals surface area contributed by atoms with Gasteiger partial charge in [-0.3, -0.25) is 4.79 Å². The van der Waals surface area contributed by atoms with Crippen LogP contribution in [0.5, 0.6) is 11.5 Å². The third-order valence-electron chi connectivity index (χ3n) is 3.22. The van der Waals surface area contributed by atoms with Gasteiger partial charge in [-0.2, -0.15) is 11.8 Å². The summed E-state index contributed by atoms with van der Waals surface area (Å²) in [5, 5.41) is 2.89. The standard InChI is InChI=1S/C18H21NO3S/c1-4-22-16-9-8-15(11-17(16)21-2)19-18(20)14-7-5-6-13(10-14)12-23-3/h5-11H,4,12H2,1-3H3,(H,19,20). The second kappa shape index (κ2) is 8.48. The van der Waals surface area contributed by atoms with Crippen molar-refractivity contribution in [2.75, 3.05) is 25.3 Å². The summed E-state index contributed by atoms with van der Waals surface area (Å²) in [4.78, 5) is 12.4. The molecule has 0 aliphatic carbocycles. The van der Waals surface area contributed by atoms with Crippen molar-refractivity contribution < 1.29 is 14.3 Å². The normalized spacial score (nSPS) is 10.2. The summed E-state index contributed by atoms with van der Waals surface area (Å²) in [7, 11) is 1.58. The fourth-order valence-corrected chi connectivity index (χ4v) is 2.71. The fourth-order valence-electron chi connectivity index (χ4n) is 2.19. The molecule has 0 fully saturated rings. The van der Waals surface area contributed by atoms with E-state index in [0.717, 1.165) is 11.3 Å². The van der Waals surface area contributed by atoms with Crippen LogP contribution in [0, 0.1) is 0 Å². The lowest BCUT2D eigenvalue weighted by Crippen LogP contribution is -2.12. The first-order chi connectivity index (χ1) is 11.2. The van der Waals surface area contributed by atoms with E-state index >= 15 is 0 Å². The second-order valence-electron chi connectivity index (χ2n) is 4.89. The van der Waals surface area contributed by atoms with Crippen LogP contribution in [0.3, 0.4) is 0 Å². The van der Waals surface area contributed by atoms with E-state index in [-0.39, 0.29) is 5.91 Å². The molecule has 0 unspecified atom stereocenters. The zero-order valence-electron chi connectivity index (χ0n) is 13.6. The predicted molar refractivity (Wildman–Crippen MR) is 95.8 cm³/mol. The SMILES string of the molecule is CCOc1ccc(NC(=O)c2cccc(CSC)c2)cc1OC. The third-order valence-corrected chi connectivity index (χ3v) is 3.84. The molecule has 0 radical (unpaired) electrons.